The molecule has 3 nitrogen and oxygen atoms in total. The molecule has 2 rings (SSSR count). The van der Waals surface area contributed by atoms with Crippen LogP contribution in [0.15, 0.2) is 36.4 Å². The van der Waals surface area contributed by atoms with Crippen molar-refractivity contribution in [1.82, 2.24) is 9.97 Å². The first-order valence-electron chi connectivity index (χ1n) is 6.03. The maximum absolute atomic E-state index is 5.87. The fourth-order valence-electron chi connectivity index (χ4n) is 1.78. The van der Waals surface area contributed by atoms with Gasteiger partial charge in [-0.2, -0.15) is 0 Å². The number of halogens is 1. The number of hydrogen-bond donors (Lipinski definition) is 1. The van der Waals surface area contributed by atoms with Crippen LogP contribution in [0.3, 0.4) is 0 Å². The molecule has 0 aliphatic rings. The first-order valence-corrected chi connectivity index (χ1v) is 6.41. The molecule has 18 heavy (non-hydrogen) atoms. The Morgan fingerprint density at radius 3 is 2.67 bits per heavy atom. The van der Waals surface area contributed by atoms with Crippen molar-refractivity contribution in [2.75, 3.05) is 11.9 Å². The zero-order valence-corrected chi connectivity index (χ0v) is 11.1. The summed E-state index contributed by atoms with van der Waals surface area (Å²) in [6.45, 7) is 2.71. The van der Waals surface area contributed by atoms with Gasteiger partial charge in [0.15, 0.2) is 0 Å². The average Bonchev–Trinajstić information content (AvgIpc) is 2.35. The Labute approximate surface area is 112 Å². The molecular formula is C14H16ClN3. The standard InChI is InChI=1S/C14H16ClN3/c1-11-17-13(15)10-14(18-11)16-9-5-8-12-6-3-2-4-7-12/h2-4,6-7,10H,5,8-9H2,1H3,(H,16,17,18). The minimum absolute atomic E-state index is 0.480. The van der Waals surface area contributed by atoms with Crippen molar-refractivity contribution in [3.8, 4) is 0 Å². The molecule has 1 N–H and O–H groups in total. The third kappa shape index (κ3) is 4.00. The van der Waals surface area contributed by atoms with Gasteiger partial charge in [0.2, 0.25) is 0 Å². The lowest BCUT2D eigenvalue weighted by molar-refractivity contribution is 0.856. The number of benzene rings is 1. The first-order chi connectivity index (χ1) is 8.74. The molecule has 1 aromatic heterocycles. The minimum atomic E-state index is 0.480. The van der Waals surface area contributed by atoms with Crippen LogP contribution in [0, 0.1) is 6.92 Å². The van der Waals surface area contributed by atoms with Gasteiger partial charge in [-0.1, -0.05) is 41.9 Å². The summed E-state index contributed by atoms with van der Waals surface area (Å²) in [4.78, 5) is 8.30. The largest absolute Gasteiger partial charge is 0.370 e. The molecular weight excluding hydrogens is 246 g/mol. The van der Waals surface area contributed by atoms with Gasteiger partial charge < -0.3 is 5.32 Å². The third-order valence-corrected chi connectivity index (χ3v) is 2.79. The zero-order valence-electron chi connectivity index (χ0n) is 10.4. The summed E-state index contributed by atoms with van der Waals surface area (Å²) in [6.07, 6.45) is 2.12. The van der Waals surface area contributed by atoms with Crippen LogP contribution in [0.25, 0.3) is 0 Å². The van der Waals surface area contributed by atoms with Crippen molar-refractivity contribution in [2.45, 2.75) is 19.8 Å². The van der Waals surface area contributed by atoms with E-state index in [0.717, 1.165) is 25.2 Å². The van der Waals surface area contributed by atoms with E-state index in [1.54, 1.807) is 6.07 Å². The quantitative estimate of drug-likeness (QED) is 0.661. The maximum atomic E-state index is 5.87. The van der Waals surface area contributed by atoms with Crippen molar-refractivity contribution in [3.05, 3.63) is 52.9 Å². The van der Waals surface area contributed by atoms with Gasteiger partial charge >= 0.3 is 0 Å². The average molecular weight is 262 g/mol. The second kappa shape index (κ2) is 6.36. The second-order valence-corrected chi connectivity index (χ2v) is 4.53. The highest BCUT2D eigenvalue weighted by molar-refractivity contribution is 6.29. The molecule has 1 heterocycles. The Hall–Kier alpha value is -1.61. The van der Waals surface area contributed by atoms with Crippen LogP contribution in [-0.4, -0.2) is 16.5 Å². The van der Waals surface area contributed by atoms with Crippen molar-refractivity contribution in [3.63, 3.8) is 0 Å². The van der Waals surface area contributed by atoms with Crippen molar-refractivity contribution in [1.29, 1.82) is 0 Å². The molecule has 0 amide bonds. The Balaban J connectivity index is 1.78. The van der Waals surface area contributed by atoms with Gasteiger partial charge in [0.05, 0.1) is 0 Å². The Kier molecular flexibility index (Phi) is 4.53. The van der Waals surface area contributed by atoms with Crippen LogP contribution in [-0.2, 0) is 6.42 Å². The van der Waals surface area contributed by atoms with Gasteiger partial charge in [0.25, 0.3) is 0 Å². The van der Waals surface area contributed by atoms with Gasteiger partial charge in [-0.3, -0.25) is 0 Å². The van der Waals surface area contributed by atoms with Gasteiger partial charge in [0.1, 0.15) is 16.8 Å². The van der Waals surface area contributed by atoms with Gasteiger partial charge in [-0.25, -0.2) is 9.97 Å². The van der Waals surface area contributed by atoms with Gasteiger partial charge in [-0.15, -0.1) is 0 Å². The van der Waals surface area contributed by atoms with Gasteiger partial charge in [-0.05, 0) is 25.3 Å². The van der Waals surface area contributed by atoms with E-state index >= 15 is 0 Å². The lowest BCUT2D eigenvalue weighted by atomic mass is 10.1. The monoisotopic (exact) mass is 261 g/mol. The molecule has 2 aromatic rings. The van der Waals surface area contributed by atoms with E-state index < -0.39 is 0 Å². The van der Waals surface area contributed by atoms with E-state index in [0.29, 0.717) is 11.0 Å². The molecule has 1 aromatic carbocycles. The number of nitrogens with one attached hydrogen (secondary N) is 1. The van der Waals surface area contributed by atoms with Crippen LogP contribution in [0.1, 0.15) is 17.8 Å². The predicted molar refractivity (Wildman–Crippen MR) is 75.0 cm³/mol. The highest BCUT2D eigenvalue weighted by Crippen LogP contribution is 2.11. The summed E-state index contributed by atoms with van der Waals surface area (Å²) < 4.78 is 0. The fourth-order valence-corrected chi connectivity index (χ4v) is 2.00. The van der Waals surface area contributed by atoms with Crippen LogP contribution < -0.4 is 5.32 Å². The molecule has 0 saturated carbocycles. The molecule has 0 bridgehead atoms. The van der Waals surface area contributed by atoms with Crippen LogP contribution >= 0.6 is 11.6 Å². The zero-order chi connectivity index (χ0) is 12.8. The molecule has 0 radical (unpaired) electrons. The minimum Gasteiger partial charge on any atom is -0.370 e. The van der Waals surface area contributed by atoms with E-state index in [9.17, 15) is 0 Å². The molecule has 94 valence electrons. The Bertz CT molecular complexity index is 479. The van der Waals surface area contributed by atoms with Crippen LogP contribution in [0.2, 0.25) is 5.15 Å². The SMILES string of the molecule is Cc1nc(Cl)cc(NCCCc2ccccc2)n1. The summed E-state index contributed by atoms with van der Waals surface area (Å²) >= 11 is 5.87. The second-order valence-electron chi connectivity index (χ2n) is 4.14. The molecule has 0 fully saturated rings. The van der Waals surface area contributed by atoms with Crippen molar-refractivity contribution < 1.29 is 0 Å². The highest BCUT2D eigenvalue weighted by Gasteiger charge is 1.99. The van der Waals surface area contributed by atoms with Crippen LogP contribution in [0.5, 0.6) is 0 Å². The number of anilines is 1. The number of aromatic nitrogens is 2. The van der Waals surface area contributed by atoms with E-state index in [-0.39, 0.29) is 0 Å². The highest BCUT2D eigenvalue weighted by atomic mass is 35.5. The molecule has 0 aliphatic carbocycles. The third-order valence-electron chi connectivity index (χ3n) is 2.60. The lowest BCUT2D eigenvalue weighted by Crippen LogP contribution is -2.05. The first kappa shape index (κ1) is 12.8. The molecule has 0 atom stereocenters. The summed E-state index contributed by atoms with van der Waals surface area (Å²) in [7, 11) is 0. The van der Waals surface area contributed by atoms with E-state index in [1.807, 2.05) is 13.0 Å². The summed E-state index contributed by atoms with van der Waals surface area (Å²) in [6, 6.07) is 12.2. The normalized spacial score (nSPS) is 10.3. The summed E-state index contributed by atoms with van der Waals surface area (Å²) in [5.74, 6) is 1.48. The van der Waals surface area contributed by atoms with Gasteiger partial charge in [0, 0.05) is 12.6 Å². The molecule has 0 unspecified atom stereocenters. The molecule has 0 spiro atoms. The Morgan fingerprint density at radius 2 is 1.94 bits per heavy atom. The van der Waals surface area contributed by atoms with Crippen molar-refractivity contribution in [2.24, 2.45) is 0 Å². The summed E-state index contributed by atoms with van der Waals surface area (Å²) in [5, 5.41) is 3.74. The smallest absolute Gasteiger partial charge is 0.134 e. The lowest BCUT2D eigenvalue weighted by Gasteiger charge is -2.06. The maximum Gasteiger partial charge on any atom is 0.134 e. The summed E-state index contributed by atoms with van der Waals surface area (Å²) in [5.41, 5.74) is 1.36. The number of aryl methyl sites for hydroxylation is 2. The molecule has 0 saturated heterocycles. The topological polar surface area (TPSA) is 37.8 Å². The van der Waals surface area contributed by atoms with E-state index in [1.165, 1.54) is 5.56 Å². The van der Waals surface area contributed by atoms with E-state index in [4.69, 9.17) is 11.6 Å². The molecule has 0 aliphatic heterocycles. The number of rotatable bonds is 5. The van der Waals surface area contributed by atoms with Crippen LogP contribution in [0.4, 0.5) is 5.82 Å². The number of hydrogen-bond acceptors (Lipinski definition) is 3. The number of nitrogens with zero attached hydrogens (tertiary/aromatic N) is 2. The van der Waals surface area contributed by atoms with E-state index in [2.05, 4.69) is 39.6 Å². The fraction of sp³-hybridized carbons (Fsp3) is 0.286. The predicted octanol–water partition coefficient (Wildman–Crippen LogP) is 3.48. The molecule has 4 heteroatoms. The van der Waals surface area contributed by atoms with Crippen molar-refractivity contribution >= 4 is 17.4 Å². The Morgan fingerprint density at radius 1 is 1.17 bits per heavy atom.